The van der Waals surface area contributed by atoms with Gasteiger partial charge in [0.05, 0.1) is 0 Å². The number of aliphatic imine (C=N–C) groups is 1. The van der Waals surface area contributed by atoms with Crippen LogP contribution in [0, 0.1) is 0 Å². The lowest BCUT2D eigenvalue weighted by molar-refractivity contribution is -0.129. The third-order valence-electron chi connectivity index (χ3n) is 4.96. The molecule has 4 nitrogen and oxygen atoms in total. The van der Waals surface area contributed by atoms with Crippen LogP contribution >= 0.6 is 11.6 Å². The van der Waals surface area contributed by atoms with Gasteiger partial charge in [0.15, 0.2) is 5.70 Å². The Morgan fingerprint density at radius 2 is 1.71 bits per heavy atom. The van der Waals surface area contributed by atoms with E-state index in [9.17, 15) is 4.79 Å². The van der Waals surface area contributed by atoms with Gasteiger partial charge in [0.2, 0.25) is 5.90 Å². The number of ether oxygens (including phenoxy) is 2. The average Bonchev–Trinajstić information content (AvgIpc) is 3.14. The summed E-state index contributed by atoms with van der Waals surface area (Å²) in [6, 6.07) is 22.9. The maximum absolute atomic E-state index is 12.4. The van der Waals surface area contributed by atoms with Crippen molar-refractivity contribution in [2.24, 2.45) is 4.99 Å². The summed E-state index contributed by atoms with van der Waals surface area (Å²) in [5.41, 5.74) is 3.98. The third kappa shape index (κ3) is 5.04. The highest BCUT2D eigenvalue weighted by Gasteiger charge is 2.24. The summed E-state index contributed by atoms with van der Waals surface area (Å²) in [6.07, 6.45) is 1.69. The molecule has 0 fully saturated rings. The summed E-state index contributed by atoms with van der Waals surface area (Å²) >= 11 is 5.94. The van der Waals surface area contributed by atoms with Gasteiger partial charge in [0.25, 0.3) is 0 Å². The molecule has 3 aromatic rings. The van der Waals surface area contributed by atoms with Gasteiger partial charge >= 0.3 is 5.97 Å². The molecule has 0 N–H and O–H groups in total. The lowest BCUT2D eigenvalue weighted by Crippen LogP contribution is -2.05. The Labute approximate surface area is 186 Å². The Morgan fingerprint density at radius 3 is 2.42 bits per heavy atom. The van der Waals surface area contributed by atoms with Crippen LogP contribution in [0.5, 0.6) is 5.75 Å². The Bertz CT molecular complexity index is 1150. The lowest BCUT2D eigenvalue weighted by Gasteiger charge is -2.09. The van der Waals surface area contributed by atoms with Crippen LogP contribution in [0.15, 0.2) is 83.5 Å². The smallest absolute Gasteiger partial charge is 0.363 e. The minimum atomic E-state index is -0.476. The van der Waals surface area contributed by atoms with E-state index in [1.54, 1.807) is 6.08 Å². The molecule has 0 unspecified atom stereocenters. The van der Waals surface area contributed by atoms with Crippen LogP contribution in [-0.2, 0) is 16.1 Å². The van der Waals surface area contributed by atoms with Gasteiger partial charge in [-0.1, -0.05) is 67.9 Å². The Kier molecular flexibility index (Phi) is 6.19. The molecule has 1 aliphatic rings. The fourth-order valence-electron chi connectivity index (χ4n) is 3.16. The van der Waals surface area contributed by atoms with Crippen molar-refractivity contribution in [1.82, 2.24) is 0 Å². The lowest BCUT2D eigenvalue weighted by atomic mass is 10.0. The average molecular weight is 432 g/mol. The maximum atomic E-state index is 12.4. The van der Waals surface area contributed by atoms with Crippen molar-refractivity contribution in [2.45, 2.75) is 26.4 Å². The number of hydrogen-bond acceptors (Lipinski definition) is 4. The van der Waals surface area contributed by atoms with Gasteiger partial charge in [-0.3, -0.25) is 0 Å². The van der Waals surface area contributed by atoms with Crippen LogP contribution < -0.4 is 4.74 Å². The summed E-state index contributed by atoms with van der Waals surface area (Å²) in [5, 5.41) is 0.682. The monoisotopic (exact) mass is 431 g/mol. The van der Waals surface area contributed by atoms with Crippen molar-refractivity contribution >= 4 is 29.5 Å². The van der Waals surface area contributed by atoms with Crippen molar-refractivity contribution in [1.29, 1.82) is 0 Å². The van der Waals surface area contributed by atoms with Crippen molar-refractivity contribution < 1.29 is 14.3 Å². The number of esters is 1. The van der Waals surface area contributed by atoms with E-state index in [2.05, 4.69) is 18.8 Å². The van der Waals surface area contributed by atoms with Crippen LogP contribution in [0.2, 0.25) is 5.02 Å². The Balaban J connectivity index is 1.55. The molecule has 5 heteroatoms. The van der Waals surface area contributed by atoms with Gasteiger partial charge in [-0.25, -0.2) is 9.79 Å². The molecule has 3 aromatic carbocycles. The summed E-state index contributed by atoms with van der Waals surface area (Å²) < 4.78 is 11.4. The zero-order valence-corrected chi connectivity index (χ0v) is 18.1. The number of carbonyl (C=O) groups excluding carboxylic acids is 1. The van der Waals surface area contributed by atoms with Crippen molar-refractivity contribution in [3.8, 4) is 5.75 Å². The maximum Gasteiger partial charge on any atom is 0.363 e. The molecule has 0 atom stereocenters. The molecule has 0 spiro atoms. The molecule has 0 radical (unpaired) electrons. The molecule has 0 aromatic heterocycles. The number of para-hydroxylation sites is 1. The number of halogens is 1. The van der Waals surface area contributed by atoms with E-state index in [-0.39, 0.29) is 5.70 Å². The molecule has 0 saturated heterocycles. The molecule has 0 bridgehead atoms. The first-order valence-electron chi connectivity index (χ1n) is 10.1. The second-order valence-corrected chi connectivity index (χ2v) is 8.00. The van der Waals surface area contributed by atoms with Crippen molar-refractivity contribution in [3.05, 3.63) is 106 Å². The molecular formula is C26H22ClNO3. The van der Waals surface area contributed by atoms with Crippen LogP contribution in [-0.4, -0.2) is 11.9 Å². The summed E-state index contributed by atoms with van der Waals surface area (Å²) in [7, 11) is 0. The number of carbonyl (C=O) groups is 1. The van der Waals surface area contributed by atoms with Crippen molar-refractivity contribution in [2.75, 3.05) is 0 Å². The van der Waals surface area contributed by atoms with Gasteiger partial charge in [-0.2, -0.15) is 0 Å². The zero-order chi connectivity index (χ0) is 21.8. The molecule has 0 saturated carbocycles. The van der Waals surface area contributed by atoms with Crippen LogP contribution in [0.3, 0.4) is 0 Å². The quantitative estimate of drug-likeness (QED) is 0.335. The minimum Gasteiger partial charge on any atom is -0.488 e. The molecule has 1 aliphatic heterocycles. The molecule has 31 heavy (non-hydrogen) atoms. The summed E-state index contributed by atoms with van der Waals surface area (Å²) in [4.78, 5) is 16.8. The normalized spacial score (nSPS) is 14.6. The molecule has 1 heterocycles. The molecule has 0 amide bonds. The highest BCUT2D eigenvalue weighted by molar-refractivity contribution is 6.30. The first kappa shape index (κ1) is 20.9. The molecule has 0 aliphatic carbocycles. The van der Waals surface area contributed by atoms with Gasteiger partial charge in [0, 0.05) is 16.1 Å². The SMILES string of the molecule is CC(C)c1ccc(C2=N/C(=C\c3ccccc3OCc3ccc(Cl)cc3)C(=O)O2)cc1. The van der Waals surface area contributed by atoms with E-state index >= 15 is 0 Å². The predicted octanol–water partition coefficient (Wildman–Crippen LogP) is 6.39. The molecule has 156 valence electrons. The predicted molar refractivity (Wildman–Crippen MR) is 123 cm³/mol. The van der Waals surface area contributed by atoms with E-state index in [0.717, 1.165) is 16.7 Å². The van der Waals surface area contributed by atoms with Gasteiger partial charge in [-0.15, -0.1) is 0 Å². The standard InChI is InChI=1S/C26H22ClNO3/c1-17(2)19-9-11-20(12-10-19)25-28-23(26(29)31-25)15-21-5-3-4-6-24(21)30-16-18-7-13-22(27)14-8-18/h3-15,17H,16H2,1-2H3/b23-15-. The van der Waals surface area contributed by atoms with Crippen LogP contribution in [0.1, 0.15) is 42.0 Å². The number of rotatable bonds is 6. The van der Waals surface area contributed by atoms with E-state index in [1.165, 1.54) is 5.56 Å². The van der Waals surface area contributed by atoms with Crippen LogP contribution in [0.25, 0.3) is 6.08 Å². The van der Waals surface area contributed by atoms with Crippen molar-refractivity contribution in [3.63, 3.8) is 0 Å². The fraction of sp³-hybridized carbons (Fsp3) is 0.154. The highest BCUT2D eigenvalue weighted by Crippen LogP contribution is 2.26. The minimum absolute atomic E-state index is 0.241. The summed E-state index contributed by atoms with van der Waals surface area (Å²) in [6.45, 7) is 4.66. The van der Waals surface area contributed by atoms with Gasteiger partial charge in [0.1, 0.15) is 12.4 Å². The van der Waals surface area contributed by atoms with E-state index < -0.39 is 5.97 Å². The van der Waals surface area contributed by atoms with E-state index in [0.29, 0.717) is 29.2 Å². The fourth-order valence-corrected chi connectivity index (χ4v) is 3.29. The Morgan fingerprint density at radius 1 is 1.00 bits per heavy atom. The topological polar surface area (TPSA) is 47.9 Å². The van der Waals surface area contributed by atoms with E-state index in [1.807, 2.05) is 72.8 Å². The molecular weight excluding hydrogens is 410 g/mol. The first-order chi connectivity index (χ1) is 15.0. The number of cyclic esters (lactones) is 1. The molecule has 4 rings (SSSR count). The highest BCUT2D eigenvalue weighted by atomic mass is 35.5. The van der Waals surface area contributed by atoms with E-state index in [4.69, 9.17) is 21.1 Å². The largest absolute Gasteiger partial charge is 0.488 e. The number of nitrogens with zero attached hydrogens (tertiary/aromatic N) is 1. The third-order valence-corrected chi connectivity index (χ3v) is 5.22. The van der Waals surface area contributed by atoms with Crippen LogP contribution in [0.4, 0.5) is 0 Å². The number of benzene rings is 3. The zero-order valence-electron chi connectivity index (χ0n) is 17.3. The first-order valence-corrected chi connectivity index (χ1v) is 10.5. The second-order valence-electron chi connectivity index (χ2n) is 7.57. The van der Waals surface area contributed by atoms with Gasteiger partial charge in [-0.05, 0) is 53.5 Å². The summed E-state index contributed by atoms with van der Waals surface area (Å²) in [5.74, 6) is 0.922. The van der Waals surface area contributed by atoms with Gasteiger partial charge < -0.3 is 9.47 Å². The second kappa shape index (κ2) is 9.19. The Hall–Kier alpha value is -3.37. The number of hydrogen-bond donors (Lipinski definition) is 0.